The summed E-state index contributed by atoms with van der Waals surface area (Å²) in [6, 6.07) is 12.7. The van der Waals surface area contributed by atoms with Gasteiger partial charge in [0.1, 0.15) is 11.6 Å². The van der Waals surface area contributed by atoms with Crippen molar-refractivity contribution in [2.45, 2.75) is 0 Å². The number of nitrogens with zero attached hydrogens (tertiary/aromatic N) is 7. The van der Waals surface area contributed by atoms with E-state index in [9.17, 15) is 9.59 Å². The molecule has 2 aromatic carbocycles. The number of carbonyl (C=O) groups is 1. The number of benzene rings is 2. The van der Waals surface area contributed by atoms with Crippen molar-refractivity contribution in [2.75, 3.05) is 48.8 Å². The Morgan fingerprint density at radius 2 is 1.71 bits per heavy atom. The van der Waals surface area contributed by atoms with E-state index in [1.54, 1.807) is 18.2 Å². The number of halogens is 2. The molecule has 3 aromatic heterocycles. The number of hydrogen-bond donors (Lipinski definition) is 2. The molecule has 0 radical (unpaired) electrons. The number of likely N-dealkylation sites (N-methyl/N-ethyl adjacent to an activating group) is 1. The second-order valence-corrected chi connectivity index (χ2v) is 10.1. The fourth-order valence-corrected chi connectivity index (χ4v) is 5.04. The SMILES string of the molecule is CN1CCN(c2ccc(Nc3ncc4c(=O)n(-c5c(Cl)cccc5Cl)c(NC(=O)c5ncco5)nc4n3)cc2)CC1. The van der Waals surface area contributed by atoms with Crippen LogP contribution in [0.25, 0.3) is 16.7 Å². The molecule has 0 aliphatic carbocycles. The smallest absolute Gasteiger partial charge is 0.313 e. The van der Waals surface area contributed by atoms with Crippen LogP contribution in [0.3, 0.4) is 0 Å². The van der Waals surface area contributed by atoms with Crippen molar-refractivity contribution in [3.05, 3.63) is 87.4 Å². The largest absolute Gasteiger partial charge is 0.441 e. The molecule has 12 nitrogen and oxygen atoms in total. The minimum atomic E-state index is -0.731. The summed E-state index contributed by atoms with van der Waals surface area (Å²) in [5.74, 6) is -0.913. The molecule has 1 aliphatic rings. The van der Waals surface area contributed by atoms with Gasteiger partial charge in [0.25, 0.3) is 11.4 Å². The Morgan fingerprint density at radius 3 is 2.39 bits per heavy atom. The predicted molar refractivity (Wildman–Crippen MR) is 157 cm³/mol. The highest BCUT2D eigenvalue weighted by Gasteiger charge is 2.22. The van der Waals surface area contributed by atoms with Gasteiger partial charge in [0.15, 0.2) is 5.65 Å². The van der Waals surface area contributed by atoms with Crippen LogP contribution in [0.4, 0.5) is 23.3 Å². The van der Waals surface area contributed by atoms with Gasteiger partial charge in [-0.05, 0) is 43.4 Å². The lowest BCUT2D eigenvalue weighted by Gasteiger charge is -2.34. The Bertz CT molecular complexity index is 1760. The Balaban J connectivity index is 1.35. The van der Waals surface area contributed by atoms with Crippen molar-refractivity contribution >= 4 is 63.4 Å². The van der Waals surface area contributed by atoms with Gasteiger partial charge in [0.2, 0.25) is 11.9 Å². The van der Waals surface area contributed by atoms with Gasteiger partial charge in [-0.3, -0.25) is 14.9 Å². The third-order valence-corrected chi connectivity index (χ3v) is 7.24. The van der Waals surface area contributed by atoms with E-state index < -0.39 is 11.5 Å². The summed E-state index contributed by atoms with van der Waals surface area (Å²) in [5.41, 5.74) is 1.49. The number of aromatic nitrogens is 5. The molecule has 5 aromatic rings. The summed E-state index contributed by atoms with van der Waals surface area (Å²) in [6.45, 7) is 3.97. The lowest BCUT2D eigenvalue weighted by atomic mass is 10.2. The summed E-state index contributed by atoms with van der Waals surface area (Å²) >= 11 is 12.8. The van der Waals surface area contributed by atoms with E-state index in [-0.39, 0.29) is 44.6 Å². The van der Waals surface area contributed by atoms with Gasteiger partial charge in [-0.25, -0.2) is 14.5 Å². The standard InChI is InChI=1S/C27H23Cl2N9O3/c1-36-10-12-37(13-11-36)17-7-5-16(6-8-17)32-26-31-15-18-22(33-26)34-27(35-23(39)24-30-9-14-41-24)38(25(18)40)21-19(28)3-2-4-20(21)29/h2-9,14-15H,10-13H2,1H3,(H2,31,32,33,34,35,39). The van der Waals surface area contributed by atoms with Crippen LogP contribution in [-0.2, 0) is 0 Å². The normalized spacial score (nSPS) is 13.9. The molecule has 0 unspecified atom stereocenters. The van der Waals surface area contributed by atoms with Crippen molar-refractivity contribution in [2.24, 2.45) is 0 Å². The summed E-state index contributed by atoms with van der Waals surface area (Å²) < 4.78 is 6.18. The Hall–Kier alpha value is -4.52. The van der Waals surface area contributed by atoms with Crippen LogP contribution in [-0.4, -0.2) is 68.5 Å². The summed E-state index contributed by atoms with van der Waals surface area (Å²) in [6.07, 6.45) is 3.94. The number of piperazine rings is 1. The van der Waals surface area contributed by atoms with E-state index >= 15 is 0 Å². The molecule has 4 heterocycles. The minimum absolute atomic E-state index is 0.0451. The zero-order valence-electron chi connectivity index (χ0n) is 21.7. The van der Waals surface area contributed by atoms with Gasteiger partial charge in [-0.15, -0.1) is 0 Å². The number of oxazole rings is 1. The Kier molecular flexibility index (Phi) is 7.26. The van der Waals surface area contributed by atoms with Crippen LogP contribution in [0.5, 0.6) is 0 Å². The van der Waals surface area contributed by atoms with E-state index in [1.165, 1.54) is 18.7 Å². The van der Waals surface area contributed by atoms with Gasteiger partial charge in [-0.1, -0.05) is 29.3 Å². The highest BCUT2D eigenvalue weighted by atomic mass is 35.5. The van der Waals surface area contributed by atoms with E-state index in [2.05, 4.69) is 47.4 Å². The number of anilines is 4. The molecule has 0 saturated carbocycles. The minimum Gasteiger partial charge on any atom is -0.441 e. The quantitative estimate of drug-likeness (QED) is 0.295. The van der Waals surface area contributed by atoms with Crippen LogP contribution < -0.4 is 21.1 Å². The maximum Gasteiger partial charge on any atom is 0.313 e. The second kappa shape index (κ2) is 11.2. The molecule has 0 bridgehead atoms. The molecular weight excluding hydrogens is 569 g/mol. The summed E-state index contributed by atoms with van der Waals surface area (Å²) in [5, 5.41) is 6.14. The first kappa shape index (κ1) is 26.7. The van der Waals surface area contributed by atoms with Crippen LogP contribution in [0.2, 0.25) is 10.0 Å². The molecule has 0 spiro atoms. The van der Waals surface area contributed by atoms with Gasteiger partial charge in [0.05, 0.1) is 21.9 Å². The van der Waals surface area contributed by atoms with Crippen LogP contribution in [0.1, 0.15) is 10.7 Å². The first-order chi connectivity index (χ1) is 19.9. The van der Waals surface area contributed by atoms with Crippen molar-refractivity contribution in [3.8, 4) is 5.69 Å². The number of nitrogens with one attached hydrogen (secondary N) is 2. The fourth-order valence-electron chi connectivity index (χ4n) is 4.47. The van der Waals surface area contributed by atoms with E-state index in [0.29, 0.717) is 0 Å². The maximum absolute atomic E-state index is 13.7. The van der Waals surface area contributed by atoms with Crippen molar-refractivity contribution in [1.29, 1.82) is 0 Å². The number of fused-ring (bicyclic) bond motifs is 1. The topological polar surface area (TPSA) is 134 Å². The predicted octanol–water partition coefficient (Wildman–Crippen LogP) is 4.22. The van der Waals surface area contributed by atoms with Crippen molar-refractivity contribution in [1.82, 2.24) is 29.4 Å². The van der Waals surface area contributed by atoms with Crippen molar-refractivity contribution in [3.63, 3.8) is 0 Å². The number of amides is 1. The number of rotatable bonds is 6. The molecular formula is C27H23Cl2N9O3. The Morgan fingerprint density at radius 1 is 0.976 bits per heavy atom. The molecule has 14 heteroatoms. The average Bonchev–Trinajstić information content (AvgIpc) is 3.51. The van der Waals surface area contributed by atoms with Crippen LogP contribution >= 0.6 is 23.2 Å². The fraction of sp³-hybridized carbons (Fsp3) is 0.185. The van der Waals surface area contributed by atoms with E-state index in [4.69, 9.17) is 27.6 Å². The molecule has 1 fully saturated rings. The lowest BCUT2D eigenvalue weighted by Crippen LogP contribution is -2.44. The molecule has 2 N–H and O–H groups in total. The summed E-state index contributed by atoms with van der Waals surface area (Å²) in [4.78, 5) is 48.2. The first-order valence-corrected chi connectivity index (χ1v) is 13.4. The molecule has 1 amide bonds. The molecule has 41 heavy (non-hydrogen) atoms. The van der Waals surface area contributed by atoms with E-state index in [1.807, 2.05) is 24.3 Å². The molecule has 6 rings (SSSR count). The van der Waals surface area contributed by atoms with Crippen LogP contribution in [0, 0.1) is 0 Å². The highest BCUT2D eigenvalue weighted by Crippen LogP contribution is 2.30. The zero-order chi connectivity index (χ0) is 28.5. The average molecular weight is 592 g/mol. The van der Waals surface area contributed by atoms with Gasteiger partial charge in [0, 0.05) is 43.8 Å². The zero-order valence-corrected chi connectivity index (χ0v) is 23.2. The first-order valence-electron chi connectivity index (χ1n) is 12.6. The molecule has 1 saturated heterocycles. The molecule has 1 aliphatic heterocycles. The van der Waals surface area contributed by atoms with Gasteiger partial charge >= 0.3 is 5.91 Å². The number of hydrogen-bond acceptors (Lipinski definition) is 10. The summed E-state index contributed by atoms with van der Waals surface area (Å²) in [7, 11) is 2.12. The molecule has 208 valence electrons. The second-order valence-electron chi connectivity index (χ2n) is 9.33. The van der Waals surface area contributed by atoms with Crippen molar-refractivity contribution < 1.29 is 9.21 Å². The lowest BCUT2D eigenvalue weighted by molar-refractivity contribution is 0.0989. The Labute approximate surface area is 243 Å². The third kappa shape index (κ3) is 5.44. The van der Waals surface area contributed by atoms with Crippen LogP contribution in [0.15, 0.2) is 70.3 Å². The molecule has 0 atom stereocenters. The monoisotopic (exact) mass is 591 g/mol. The number of para-hydroxylation sites is 1. The number of carbonyl (C=O) groups excluding carboxylic acids is 1. The van der Waals surface area contributed by atoms with E-state index in [0.717, 1.165) is 42.1 Å². The van der Waals surface area contributed by atoms with Gasteiger partial charge < -0.3 is 19.5 Å². The maximum atomic E-state index is 13.7. The van der Waals surface area contributed by atoms with Gasteiger partial charge in [-0.2, -0.15) is 9.97 Å². The third-order valence-electron chi connectivity index (χ3n) is 6.63. The highest BCUT2D eigenvalue weighted by molar-refractivity contribution is 6.37.